The lowest BCUT2D eigenvalue weighted by Crippen LogP contribution is -2.77. The average Bonchev–Trinajstić information content (AvgIpc) is 2.96. The first-order valence-electron chi connectivity index (χ1n) is 11.0. The summed E-state index contributed by atoms with van der Waals surface area (Å²) in [4.78, 5) is 24.0. The van der Waals surface area contributed by atoms with Crippen molar-refractivity contribution >= 4 is 11.9 Å². The highest BCUT2D eigenvalue weighted by molar-refractivity contribution is 5.93. The maximum Gasteiger partial charge on any atom is 0.342 e. The Labute approximate surface area is 191 Å². The smallest absolute Gasteiger partial charge is 0.342 e. The molecule has 10 heteroatoms. The number of carboxylic acids is 2. The van der Waals surface area contributed by atoms with E-state index in [1.807, 2.05) is 37.3 Å². The van der Waals surface area contributed by atoms with E-state index in [4.69, 9.17) is 9.47 Å². The number of rotatable bonds is 10. The number of aliphatic carboxylic acids is 2. The SMILES string of the molecule is CC(CCC12OC(CO)C(O)(C(=O)O)C(C(=O)O)(O1)C(O)C2O)CC(C)Cc1ccccc1. The van der Waals surface area contributed by atoms with E-state index >= 15 is 0 Å². The largest absolute Gasteiger partial charge is 0.479 e. The van der Waals surface area contributed by atoms with E-state index in [9.17, 15) is 40.2 Å². The summed E-state index contributed by atoms with van der Waals surface area (Å²) >= 11 is 0. The predicted octanol–water partition coefficient (Wildman–Crippen LogP) is 0.150. The Morgan fingerprint density at radius 3 is 2.21 bits per heavy atom. The molecule has 8 atom stereocenters. The van der Waals surface area contributed by atoms with Gasteiger partial charge in [0.05, 0.1) is 6.61 Å². The molecule has 2 aliphatic heterocycles. The molecular weight excluding hydrogens is 436 g/mol. The zero-order valence-corrected chi connectivity index (χ0v) is 18.6. The number of carbonyl (C=O) groups is 2. The standard InChI is InChI=1S/C23H32O10/c1-13(10-14(2)11-15-6-4-3-5-7-15)8-9-21-17(25)18(26)23(33-21,20(29)30)22(31,19(27)28)16(12-24)32-21/h3-7,13-14,16-18,24-26,31H,8-12H2,1-2H3,(H,27,28)(H,29,30). The molecule has 8 unspecified atom stereocenters. The summed E-state index contributed by atoms with van der Waals surface area (Å²) < 4.78 is 11.0. The van der Waals surface area contributed by atoms with Crippen molar-refractivity contribution in [2.24, 2.45) is 11.8 Å². The van der Waals surface area contributed by atoms with Crippen molar-refractivity contribution in [2.45, 2.75) is 74.8 Å². The van der Waals surface area contributed by atoms with E-state index in [0.717, 1.165) is 12.8 Å². The minimum absolute atomic E-state index is 0.0777. The highest BCUT2D eigenvalue weighted by Gasteiger charge is 2.83. The first-order chi connectivity index (χ1) is 15.4. The highest BCUT2D eigenvalue weighted by Crippen LogP contribution is 2.54. The molecule has 1 aromatic rings. The fraction of sp³-hybridized carbons (Fsp3) is 0.652. The molecular formula is C23H32O10. The number of fused-ring (bicyclic) bond motifs is 2. The molecule has 10 nitrogen and oxygen atoms in total. The summed E-state index contributed by atoms with van der Waals surface area (Å²) in [6.07, 6.45) is -4.22. The molecule has 0 aromatic heterocycles. The molecule has 0 radical (unpaired) electrons. The molecule has 33 heavy (non-hydrogen) atoms. The van der Waals surface area contributed by atoms with Crippen LogP contribution in [0.25, 0.3) is 0 Å². The van der Waals surface area contributed by atoms with Gasteiger partial charge in [-0.05, 0) is 36.7 Å². The van der Waals surface area contributed by atoms with Crippen molar-refractivity contribution in [2.75, 3.05) is 6.61 Å². The van der Waals surface area contributed by atoms with Crippen LogP contribution in [0.5, 0.6) is 0 Å². The third kappa shape index (κ3) is 4.05. The second-order valence-corrected chi connectivity index (χ2v) is 9.38. The van der Waals surface area contributed by atoms with Gasteiger partial charge in [-0.1, -0.05) is 44.2 Å². The second-order valence-electron chi connectivity index (χ2n) is 9.38. The van der Waals surface area contributed by atoms with Gasteiger partial charge in [0.2, 0.25) is 11.2 Å². The fourth-order valence-electron chi connectivity index (χ4n) is 5.23. The third-order valence-electron chi connectivity index (χ3n) is 6.90. The van der Waals surface area contributed by atoms with E-state index in [2.05, 4.69) is 6.92 Å². The molecule has 184 valence electrons. The molecule has 0 spiro atoms. The predicted molar refractivity (Wildman–Crippen MR) is 113 cm³/mol. The number of ether oxygens (including phenoxy) is 2. The van der Waals surface area contributed by atoms with Gasteiger partial charge in [0.25, 0.3) is 0 Å². The van der Waals surface area contributed by atoms with Crippen LogP contribution in [0.4, 0.5) is 0 Å². The Balaban J connectivity index is 1.78. The Hall–Kier alpha value is -2.08. The molecule has 0 aliphatic carbocycles. The molecule has 2 heterocycles. The number of hydrogen-bond acceptors (Lipinski definition) is 8. The van der Waals surface area contributed by atoms with Crippen LogP contribution >= 0.6 is 0 Å². The Morgan fingerprint density at radius 1 is 1.03 bits per heavy atom. The molecule has 1 aromatic carbocycles. The maximum absolute atomic E-state index is 12.1. The zero-order chi connectivity index (χ0) is 24.6. The topological polar surface area (TPSA) is 174 Å². The summed E-state index contributed by atoms with van der Waals surface area (Å²) in [5.41, 5.74) is -5.24. The van der Waals surface area contributed by atoms with Gasteiger partial charge >= 0.3 is 11.9 Å². The molecule has 2 bridgehead atoms. The van der Waals surface area contributed by atoms with Crippen LogP contribution in [0.1, 0.15) is 38.7 Å². The van der Waals surface area contributed by atoms with Gasteiger partial charge < -0.3 is 40.1 Å². The number of carboxylic acid groups (broad SMARTS) is 2. The van der Waals surface area contributed by atoms with Crippen molar-refractivity contribution < 1.29 is 49.7 Å². The summed E-state index contributed by atoms with van der Waals surface area (Å²) in [7, 11) is 0. The normalized spacial score (nSPS) is 37.5. The van der Waals surface area contributed by atoms with Gasteiger partial charge in [-0.15, -0.1) is 0 Å². The molecule has 2 fully saturated rings. The second kappa shape index (κ2) is 9.28. The Morgan fingerprint density at radius 2 is 1.67 bits per heavy atom. The molecule has 0 amide bonds. The first kappa shape index (κ1) is 25.5. The number of aliphatic hydroxyl groups is 4. The molecule has 2 saturated heterocycles. The summed E-state index contributed by atoms with van der Waals surface area (Å²) in [5.74, 6) is -5.72. The van der Waals surface area contributed by atoms with Gasteiger partial charge in [-0.25, -0.2) is 9.59 Å². The summed E-state index contributed by atoms with van der Waals surface area (Å²) in [5, 5.41) is 61.2. The van der Waals surface area contributed by atoms with Gasteiger partial charge in [0.15, 0.2) is 5.79 Å². The molecule has 2 aliphatic rings. The van der Waals surface area contributed by atoms with Crippen molar-refractivity contribution in [1.82, 2.24) is 0 Å². The molecule has 3 rings (SSSR count). The van der Waals surface area contributed by atoms with E-state index < -0.39 is 53.8 Å². The maximum atomic E-state index is 12.1. The van der Waals surface area contributed by atoms with Gasteiger partial charge in [-0.3, -0.25) is 0 Å². The Bertz CT molecular complexity index is 862. The van der Waals surface area contributed by atoms with E-state index in [-0.39, 0.29) is 12.3 Å². The van der Waals surface area contributed by atoms with Crippen LogP contribution in [0, 0.1) is 11.8 Å². The minimum Gasteiger partial charge on any atom is -0.479 e. The van der Waals surface area contributed by atoms with Crippen LogP contribution in [0.3, 0.4) is 0 Å². The van der Waals surface area contributed by atoms with Crippen LogP contribution in [0.2, 0.25) is 0 Å². The van der Waals surface area contributed by atoms with Gasteiger partial charge in [0, 0.05) is 6.42 Å². The van der Waals surface area contributed by atoms with E-state index in [1.165, 1.54) is 5.56 Å². The van der Waals surface area contributed by atoms with Crippen molar-refractivity contribution in [3.63, 3.8) is 0 Å². The van der Waals surface area contributed by atoms with Crippen molar-refractivity contribution in [1.29, 1.82) is 0 Å². The lowest BCUT2D eigenvalue weighted by atomic mass is 9.75. The van der Waals surface area contributed by atoms with Crippen LogP contribution < -0.4 is 0 Å². The van der Waals surface area contributed by atoms with Crippen LogP contribution in [0.15, 0.2) is 30.3 Å². The minimum atomic E-state index is -3.33. The quantitative estimate of drug-likeness (QED) is 0.277. The summed E-state index contributed by atoms with van der Waals surface area (Å²) in [6.45, 7) is 3.01. The van der Waals surface area contributed by atoms with Gasteiger partial charge in [-0.2, -0.15) is 0 Å². The molecule has 6 N–H and O–H groups in total. The molecule has 0 saturated carbocycles. The average molecular weight is 468 g/mol. The lowest BCUT2D eigenvalue weighted by Gasteiger charge is -2.49. The van der Waals surface area contributed by atoms with Crippen LogP contribution in [-0.4, -0.2) is 84.5 Å². The van der Waals surface area contributed by atoms with Gasteiger partial charge in [0.1, 0.15) is 18.3 Å². The summed E-state index contributed by atoms with van der Waals surface area (Å²) in [6, 6.07) is 9.98. The number of benzene rings is 1. The third-order valence-corrected chi connectivity index (χ3v) is 6.90. The van der Waals surface area contributed by atoms with E-state index in [1.54, 1.807) is 0 Å². The van der Waals surface area contributed by atoms with E-state index in [0.29, 0.717) is 12.3 Å². The lowest BCUT2D eigenvalue weighted by molar-refractivity contribution is -0.383. The monoisotopic (exact) mass is 468 g/mol. The van der Waals surface area contributed by atoms with Crippen molar-refractivity contribution in [3.8, 4) is 0 Å². The highest BCUT2D eigenvalue weighted by atomic mass is 16.8. The zero-order valence-electron chi connectivity index (χ0n) is 18.6. The Kier molecular flexibility index (Phi) is 7.18. The first-order valence-corrected chi connectivity index (χ1v) is 11.0. The number of hydrogen-bond donors (Lipinski definition) is 6. The number of aliphatic hydroxyl groups excluding tert-OH is 3. The van der Waals surface area contributed by atoms with Crippen LogP contribution in [-0.2, 0) is 25.5 Å². The fourth-order valence-corrected chi connectivity index (χ4v) is 5.23. The van der Waals surface area contributed by atoms with Crippen molar-refractivity contribution in [3.05, 3.63) is 35.9 Å².